The Balaban J connectivity index is 2.63. The third-order valence-corrected chi connectivity index (χ3v) is 4.60. The van der Waals surface area contributed by atoms with Gasteiger partial charge in [0.2, 0.25) is 9.84 Å². The molecule has 0 unspecified atom stereocenters. The van der Waals surface area contributed by atoms with Gasteiger partial charge in [0.25, 0.3) is 0 Å². The average Bonchev–Trinajstić information content (AvgIpc) is 2.34. The van der Waals surface area contributed by atoms with Crippen molar-refractivity contribution < 1.29 is 23.0 Å². The van der Waals surface area contributed by atoms with E-state index in [0.29, 0.717) is 5.56 Å². The van der Waals surface area contributed by atoms with Crippen LogP contribution >= 0.6 is 0 Å². The van der Waals surface area contributed by atoms with E-state index in [1.165, 1.54) is 6.92 Å². The summed E-state index contributed by atoms with van der Waals surface area (Å²) in [5, 5.41) is 18.7. The molecular formula is C13H11FO4S. The normalized spacial score (nSPS) is 11.5. The summed E-state index contributed by atoms with van der Waals surface area (Å²) in [5.41, 5.74) is 0.291. The molecule has 0 aliphatic heterocycles. The molecule has 2 aromatic rings. The lowest BCUT2D eigenvalue weighted by Crippen LogP contribution is -2.04. The van der Waals surface area contributed by atoms with Crippen LogP contribution in [0.5, 0.6) is 11.5 Å². The van der Waals surface area contributed by atoms with Crippen molar-refractivity contribution in [1.82, 2.24) is 0 Å². The van der Waals surface area contributed by atoms with Crippen molar-refractivity contribution in [2.45, 2.75) is 16.7 Å². The molecule has 100 valence electrons. The van der Waals surface area contributed by atoms with Gasteiger partial charge in [0.15, 0.2) is 11.5 Å². The van der Waals surface area contributed by atoms with Gasteiger partial charge in [0, 0.05) is 6.07 Å². The number of aromatic hydroxyl groups is 2. The standard InChI is InChI=1S/C13H11FO4S/c1-8-6-11(15)12(16)7-13(8)19(17,18)10-4-2-9(14)3-5-10/h2-7,15-16H,1H3. The van der Waals surface area contributed by atoms with Crippen LogP contribution in [0.3, 0.4) is 0 Å². The summed E-state index contributed by atoms with van der Waals surface area (Å²) in [5.74, 6) is -1.45. The van der Waals surface area contributed by atoms with E-state index in [-0.39, 0.29) is 9.79 Å². The van der Waals surface area contributed by atoms with Gasteiger partial charge in [-0.3, -0.25) is 0 Å². The van der Waals surface area contributed by atoms with E-state index >= 15 is 0 Å². The van der Waals surface area contributed by atoms with Gasteiger partial charge in [0.1, 0.15) is 5.82 Å². The third kappa shape index (κ3) is 2.39. The van der Waals surface area contributed by atoms with Crippen LogP contribution in [0.25, 0.3) is 0 Å². The first-order chi connectivity index (χ1) is 8.82. The molecule has 0 heterocycles. The molecule has 0 saturated carbocycles. The van der Waals surface area contributed by atoms with Gasteiger partial charge in [-0.25, -0.2) is 12.8 Å². The second-order valence-corrected chi connectivity index (χ2v) is 5.98. The largest absolute Gasteiger partial charge is 0.504 e. The molecule has 0 fully saturated rings. The zero-order valence-corrected chi connectivity index (χ0v) is 10.8. The molecule has 0 amide bonds. The fourth-order valence-corrected chi connectivity index (χ4v) is 3.19. The van der Waals surface area contributed by atoms with Crippen LogP contribution in [0, 0.1) is 12.7 Å². The Kier molecular flexibility index (Phi) is 3.20. The maximum atomic E-state index is 12.8. The molecule has 2 rings (SSSR count). The third-order valence-electron chi connectivity index (χ3n) is 2.69. The zero-order valence-electron chi connectivity index (χ0n) is 9.96. The molecule has 0 radical (unpaired) electrons. The number of sulfone groups is 1. The number of phenols is 2. The second-order valence-electron chi connectivity index (χ2n) is 4.06. The first-order valence-corrected chi connectivity index (χ1v) is 6.84. The molecule has 0 aliphatic rings. The number of rotatable bonds is 2. The Labute approximate surface area is 109 Å². The highest BCUT2D eigenvalue weighted by molar-refractivity contribution is 7.91. The van der Waals surface area contributed by atoms with E-state index in [4.69, 9.17) is 0 Å². The van der Waals surface area contributed by atoms with Crippen molar-refractivity contribution in [3.63, 3.8) is 0 Å². The zero-order chi connectivity index (χ0) is 14.2. The molecule has 0 aliphatic carbocycles. The van der Waals surface area contributed by atoms with Crippen LogP contribution in [0.4, 0.5) is 4.39 Å². The van der Waals surface area contributed by atoms with Gasteiger partial charge in [-0.1, -0.05) is 0 Å². The van der Waals surface area contributed by atoms with Gasteiger partial charge in [-0.05, 0) is 42.8 Å². The fourth-order valence-electron chi connectivity index (χ4n) is 1.69. The van der Waals surface area contributed by atoms with E-state index in [2.05, 4.69) is 0 Å². The molecule has 6 heteroatoms. The van der Waals surface area contributed by atoms with Crippen molar-refractivity contribution >= 4 is 9.84 Å². The predicted molar refractivity (Wildman–Crippen MR) is 66.4 cm³/mol. The van der Waals surface area contributed by atoms with Crippen LogP contribution in [0.15, 0.2) is 46.2 Å². The van der Waals surface area contributed by atoms with E-state index in [9.17, 15) is 23.0 Å². The molecule has 0 spiro atoms. The Hall–Kier alpha value is -2.08. The topological polar surface area (TPSA) is 74.6 Å². The minimum atomic E-state index is -3.86. The van der Waals surface area contributed by atoms with Crippen molar-refractivity contribution in [3.8, 4) is 11.5 Å². The van der Waals surface area contributed by atoms with Crippen LogP contribution in [0.2, 0.25) is 0 Å². The molecule has 4 nitrogen and oxygen atoms in total. The van der Waals surface area contributed by atoms with Crippen molar-refractivity contribution in [1.29, 1.82) is 0 Å². The summed E-state index contributed by atoms with van der Waals surface area (Å²) in [6, 6.07) is 6.52. The lowest BCUT2D eigenvalue weighted by Gasteiger charge is -2.09. The van der Waals surface area contributed by atoms with E-state index in [1.54, 1.807) is 0 Å². The molecule has 0 atom stereocenters. The average molecular weight is 282 g/mol. The summed E-state index contributed by atoms with van der Waals surface area (Å²) in [6.45, 7) is 1.50. The Bertz CT molecular complexity index is 721. The Morgan fingerprint density at radius 1 is 1.00 bits per heavy atom. The first kappa shape index (κ1) is 13.4. The number of benzene rings is 2. The highest BCUT2D eigenvalue weighted by atomic mass is 32.2. The van der Waals surface area contributed by atoms with Gasteiger partial charge in [-0.15, -0.1) is 0 Å². The van der Waals surface area contributed by atoms with Crippen molar-refractivity contribution in [3.05, 3.63) is 47.8 Å². The molecular weight excluding hydrogens is 271 g/mol. The summed E-state index contributed by atoms with van der Waals surface area (Å²) >= 11 is 0. The number of aryl methyl sites for hydroxylation is 1. The Morgan fingerprint density at radius 3 is 2.11 bits per heavy atom. The number of phenolic OH excluding ortho intramolecular Hbond substituents is 2. The van der Waals surface area contributed by atoms with Gasteiger partial charge in [0.05, 0.1) is 9.79 Å². The molecule has 0 bridgehead atoms. The molecule has 19 heavy (non-hydrogen) atoms. The second kappa shape index (κ2) is 4.55. The Morgan fingerprint density at radius 2 is 1.53 bits per heavy atom. The van der Waals surface area contributed by atoms with E-state index in [1.807, 2.05) is 0 Å². The molecule has 0 saturated heterocycles. The molecule has 2 aromatic carbocycles. The maximum absolute atomic E-state index is 12.8. The van der Waals surface area contributed by atoms with Crippen LogP contribution in [0.1, 0.15) is 5.56 Å². The predicted octanol–water partition coefficient (Wildman–Crippen LogP) is 2.38. The van der Waals surface area contributed by atoms with Crippen molar-refractivity contribution in [2.75, 3.05) is 0 Å². The summed E-state index contributed by atoms with van der Waals surface area (Å²) in [6.07, 6.45) is 0. The minimum Gasteiger partial charge on any atom is -0.504 e. The van der Waals surface area contributed by atoms with E-state index < -0.39 is 27.2 Å². The number of hydrogen-bond acceptors (Lipinski definition) is 4. The fraction of sp³-hybridized carbons (Fsp3) is 0.0769. The summed E-state index contributed by atoms with van der Waals surface area (Å²) in [4.78, 5) is -0.212. The molecule has 0 aromatic heterocycles. The van der Waals surface area contributed by atoms with Crippen LogP contribution < -0.4 is 0 Å². The lowest BCUT2D eigenvalue weighted by molar-refractivity contribution is 0.401. The van der Waals surface area contributed by atoms with Crippen LogP contribution in [-0.4, -0.2) is 18.6 Å². The lowest BCUT2D eigenvalue weighted by atomic mass is 10.2. The monoisotopic (exact) mass is 282 g/mol. The quantitative estimate of drug-likeness (QED) is 0.655. The molecule has 2 N–H and O–H groups in total. The smallest absolute Gasteiger partial charge is 0.206 e. The number of hydrogen-bond donors (Lipinski definition) is 2. The first-order valence-electron chi connectivity index (χ1n) is 5.35. The highest BCUT2D eigenvalue weighted by Crippen LogP contribution is 2.33. The van der Waals surface area contributed by atoms with Crippen molar-refractivity contribution in [2.24, 2.45) is 0 Å². The maximum Gasteiger partial charge on any atom is 0.206 e. The highest BCUT2D eigenvalue weighted by Gasteiger charge is 2.21. The summed E-state index contributed by atoms with van der Waals surface area (Å²) in [7, 11) is -3.86. The summed E-state index contributed by atoms with van der Waals surface area (Å²) < 4.78 is 37.4. The van der Waals surface area contributed by atoms with E-state index in [0.717, 1.165) is 36.4 Å². The SMILES string of the molecule is Cc1cc(O)c(O)cc1S(=O)(=O)c1ccc(F)cc1. The minimum absolute atomic E-state index is 0.0814. The van der Waals surface area contributed by atoms with Crippen LogP contribution in [-0.2, 0) is 9.84 Å². The number of halogens is 1. The van der Waals surface area contributed by atoms with Gasteiger partial charge >= 0.3 is 0 Å². The van der Waals surface area contributed by atoms with Gasteiger partial charge < -0.3 is 10.2 Å². The van der Waals surface area contributed by atoms with Gasteiger partial charge in [-0.2, -0.15) is 0 Å².